The van der Waals surface area contributed by atoms with Gasteiger partial charge in [0.2, 0.25) is 0 Å². The molecule has 0 amide bonds. The Morgan fingerprint density at radius 3 is 2.62 bits per heavy atom. The van der Waals surface area contributed by atoms with Gasteiger partial charge in [0, 0.05) is 42.2 Å². The van der Waals surface area contributed by atoms with Crippen LogP contribution in [0, 0.1) is 13.8 Å². The number of rotatable bonds is 1. The number of nitrogens with zero attached hydrogens (tertiary/aromatic N) is 3. The van der Waals surface area contributed by atoms with Gasteiger partial charge in [-0.15, -0.1) is 0 Å². The van der Waals surface area contributed by atoms with Crippen LogP contribution >= 0.6 is 11.6 Å². The molecule has 5 heteroatoms. The molecule has 3 rings (SSSR count). The van der Waals surface area contributed by atoms with Crippen molar-refractivity contribution in [3.05, 3.63) is 57.4 Å². The van der Waals surface area contributed by atoms with E-state index < -0.39 is 0 Å². The van der Waals surface area contributed by atoms with Crippen molar-refractivity contribution < 1.29 is 0 Å². The van der Waals surface area contributed by atoms with Crippen LogP contribution in [0.4, 0.5) is 0 Å². The molecular formula is C16H14ClN3O. The van der Waals surface area contributed by atoms with Crippen molar-refractivity contribution in [3.63, 3.8) is 0 Å². The number of fused-ring (bicyclic) bond motifs is 1. The minimum Gasteiger partial charge on any atom is -0.311 e. The first-order valence-electron chi connectivity index (χ1n) is 6.56. The summed E-state index contributed by atoms with van der Waals surface area (Å²) in [6.07, 6.45) is 5.21. The van der Waals surface area contributed by atoms with Gasteiger partial charge >= 0.3 is 0 Å². The number of aryl methyl sites for hydroxylation is 2. The Balaban J connectivity index is 2.39. The lowest BCUT2D eigenvalue weighted by molar-refractivity contribution is 0.906. The van der Waals surface area contributed by atoms with E-state index in [4.69, 9.17) is 11.6 Å². The SMILES string of the molecule is Cc1cncc(-c2cc3cnc(Cl)cc3n(C)c2=O)c1C. The Kier molecular flexibility index (Phi) is 3.26. The van der Waals surface area contributed by atoms with Gasteiger partial charge in [-0.05, 0) is 37.1 Å². The summed E-state index contributed by atoms with van der Waals surface area (Å²) in [6, 6.07) is 3.55. The largest absolute Gasteiger partial charge is 0.311 e. The second-order valence-corrected chi connectivity index (χ2v) is 5.50. The first-order valence-corrected chi connectivity index (χ1v) is 6.93. The monoisotopic (exact) mass is 299 g/mol. The molecule has 3 aromatic heterocycles. The Morgan fingerprint density at radius 2 is 1.86 bits per heavy atom. The van der Waals surface area contributed by atoms with Crippen molar-refractivity contribution in [1.82, 2.24) is 14.5 Å². The maximum atomic E-state index is 12.6. The van der Waals surface area contributed by atoms with E-state index in [1.54, 1.807) is 36.3 Å². The molecule has 106 valence electrons. The Hall–Kier alpha value is -2.20. The Bertz CT molecular complexity index is 915. The third-order valence-corrected chi connectivity index (χ3v) is 4.04. The minimum absolute atomic E-state index is 0.0692. The molecule has 0 fully saturated rings. The highest BCUT2D eigenvalue weighted by molar-refractivity contribution is 6.30. The molecule has 0 radical (unpaired) electrons. The fraction of sp³-hybridized carbons (Fsp3) is 0.188. The van der Waals surface area contributed by atoms with Crippen LogP contribution in [0.1, 0.15) is 11.1 Å². The second-order valence-electron chi connectivity index (χ2n) is 5.12. The van der Waals surface area contributed by atoms with Crippen LogP contribution in [0.2, 0.25) is 5.15 Å². The summed E-state index contributed by atoms with van der Waals surface area (Å²) in [5.74, 6) is 0. The van der Waals surface area contributed by atoms with Crippen LogP contribution < -0.4 is 5.56 Å². The molecule has 0 saturated carbocycles. The van der Waals surface area contributed by atoms with Crippen LogP contribution in [-0.2, 0) is 7.05 Å². The van der Waals surface area contributed by atoms with Crippen molar-refractivity contribution in [1.29, 1.82) is 0 Å². The lowest BCUT2D eigenvalue weighted by atomic mass is 10.00. The molecule has 0 aromatic carbocycles. The van der Waals surface area contributed by atoms with E-state index in [1.165, 1.54) is 0 Å². The van der Waals surface area contributed by atoms with Gasteiger partial charge < -0.3 is 4.57 Å². The second kappa shape index (κ2) is 4.97. The molecule has 0 N–H and O–H groups in total. The van der Waals surface area contributed by atoms with E-state index >= 15 is 0 Å². The molecule has 3 heterocycles. The van der Waals surface area contributed by atoms with Crippen LogP contribution in [-0.4, -0.2) is 14.5 Å². The lowest BCUT2D eigenvalue weighted by Crippen LogP contribution is -2.19. The predicted octanol–water partition coefficient (Wildman–Crippen LogP) is 3.27. The van der Waals surface area contributed by atoms with Gasteiger partial charge in [-0.25, -0.2) is 4.98 Å². The van der Waals surface area contributed by atoms with Crippen molar-refractivity contribution in [2.75, 3.05) is 0 Å². The topological polar surface area (TPSA) is 47.8 Å². The van der Waals surface area contributed by atoms with Crippen LogP contribution in [0.25, 0.3) is 22.0 Å². The summed E-state index contributed by atoms with van der Waals surface area (Å²) in [5.41, 5.74) is 4.30. The molecular weight excluding hydrogens is 286 g/mol. The average molecular weight is 300 g/mol. The van der Waals surface area contributed by atoms with E-state index in [-0.39, 0.29) is 5.56 Å². The van der Waals surface area contributed by atoms with Gasteiger partial charge in [0.25, 0.3) is 5.56 Å². The predicted molar refractivity (Wildman–Crippen MR) is 84.7 cm³/mol. The van der Waals surface area contributed by atoms with E-state index in [0.29, 0.717) is 10.7 Å². The molecule has 0 bridgehead atoms. The maximum absolute atomic E-state index is 12.6. The summed E-state index contributed by atoms with van der Waals surface area (Å²) in [5, 5.41) is 1.25. The zero-order chi connectivity index (χ0) is 15.1. The molecule has 0 aliphatic heterocycles. The van der Waals surface area contributed by atoms with E-state index in [1.807, 2.05) is 19.9 Å². The third-order valence-electron chi connectivity index (χ3n) is 3.83. The molecule has 0 unspecified atom stereocenters. The summed E-state index contributed by atoms with van der Waals surface area (Å²) in [7, 11) is 1.74. The Labute approximate surface area is 127 Å². The highest BCUT2D eigenvalue weighted by atomic mass is 35.5. The number of hydrogen-bond donors (Lipinski definition) is 0. The van der Waals surface area contributed by atoms with Crippen LogP contribution in [0.5, 0.6) is 0 Å². The minimum atomic E-state index is -0.0692. The maximum Gasteiger partial charge on any atom is 0.258 e. The number of pyridine rings is 3. The van der Waals surface area contributed by atoms with Gasteiger partial charge in [0.05, 0.1) is 5.52 Å². The Morgan fingerprint density at radius 1 is 1.10 bits per heavy atom. The summed E-state index contributed by atoms with van der Waals surface area (Å²) >= 11 is 5.91. The molecule has 0 saturated heterocycles. The van der Waals surface area contributed by atoms with Crippen molar-refractivity contribution >= 4 is 22.5 Å². The van der Waals surface area contributed by atoms with Crippen molar-refractivity contribution in [2.45, 2.75) is 13.8 Å². The third kappa shape index (κ3) is 2.21. The first-order chi connectivity index (χ1) is 9.99. The average Bonchev–Trinajstić information content (AvgIpc) is 2.47. The molecule has 21 heavy (non-hydrogen) atoms. The van der Waals surface area contributed by atoms with Gasteiger partial charge in [-0.1, -0.05) is 11.6 Å². The van der Waals surface area contributed by atoms with Gasteiger partial charge in [-0.3, -0.25) is 9.78 Å². The smallest absolute Gasteiger partial charge is 0.258 e. The van der Waals surface area contributed by atoms with Crippen molar-refractivity contribution in [3.8, 4) is 11.1 Å². The fourth-order valence-corrected chi connectivity index (χ4v) is 2.59. The zero-order valence-electron chi connectivity index (χ0n) is 12.0. The summed E-state index contributed by atoms with van der Waals surface area (Å²) in [4.78, 5) is 20.9. The molecule has 4 nitrogen and oxygen atoms in total. The van der Waals surface area contributed by atoms with E-state index in [2.05, 4.69) is 9.97 Å². The molecule has 0 aliphatic carbocycles. The van der Waals surface area contributed by atoms with Crippen LogP contribution in [0.3, 0.4) is 0 Å². The van der Waals surface area contributed by atoms with E-state index in [9.17, 15) is 4.79 Å². The van der Waals surface area contributed by atoms with Crippen molar-refractivity contribution in [2.24, 2.45) is 7.05 Å². The first kappa shape index (κ1) is 13.8. The molecule has 0 aliphatic rings. The summed E-state index contributed by atoms with van der Waals surface area (Å²) < 4.78 is 1.60. The zero-order valence-corrected chi connectivity index (χ0v) is 12.8. The number of hydrogen-bond acceptors (Lipinski definition) is 3. The fourth-order valence-electron chi connectivity index (χ4n) is 2.43. The highest BCUT2D eigenvalue weighted by Crippen LogP contribution is 2.25. The van der Waals surface area contributed by atoms with E-state index in [0.717, 1.165) is 27.6 Å². The van der Waals surface area contributed by atoms with Gasteiger partial charge in [-0.2, -0.15) is 0 Å². The standard InChI is InChI=1S/C16H14ClN3O/c1-9-6-18-8-13(10(9)2)12-4-11-7-19-15(17)5-14(11)20(3)16(12)21/h4-8H,1-3H3. The molecule has 0 atom stereocenters. The molecule has 3 aromatic rings. The normalized spacial score (nSPS) is 11.0. The van der Waals surface area contributed by atoms with Gasteiger partial charge in [0.1, 0.15) is 5.15 Å². The summed E-state index contributed by atoms with van der Waals surface area (Å²) in [6.45, 7) is 3.98. The van der Waals surface area contributed by atoms with Gasteiger partial charge in [0.15, 0.2) is 0 Å². The van der Waals surface area contributed by atoms with Crippen LogP contribution in [0.15, 0.2) is 35.5 Å². The molecule has 0 spiro atoms. The lowest BCUT2D eigenvalue weighted by Gasteiger charge is -2.11. The number of halogens is 1. The quantitative estimate of drug-likeness (QED) is 0.648. The number of aromatic nitrogens is 3. The highest BCUT2D eigenvalue weighted by Gasteiger charge is 2.12.